The van der Waals surface area contributed by atoms with Crippen LogP contribution >= 0.6 is 0 Å². The van der Waals surface area contributed by atoms with Gasteiger partial charge < -0.3 is 9.47 Å². The van der Waals surface area contributed by atoms with Gasteiger partial charge in [-0.2, -0.15) is 39.5 Å². The second-order valence-corrected chi connectivity index (χ2v) is 15.1. The molecule has 0 aliphatic carbocycles. The topological polar surface area (TPSA) is 93.2 Å². The van der Waals surface area contributed by atoms with Crippen LogP contribution in [0.1, 0.15) is 69.2 Å². The van der Waals surface area contributed by atoms with E-state index < -0.39 is 86.6 Å². The Labute approximate surface area is 361 Å². The number of carbonyl (C=O) groups is 4. The lowest BCUT2D eigenvalue weighted by molar-refractivity contribution is -0.288. The molecule has 2 aliphatic rings. The van der Waals surface area contributed by atoms with Crippen LogP contribution in [0.4, 0.5) is 49.6 Å². The van der Waals surface area contributed by atoms with Crippen LogP contribution in [0.25, 0.3) is 0 Å². The molecule has 1 atom stereocenters. The molecular formula is C47H28F10N2O6. The molecule has 0 saturated carbocycles. The minimum atomic E-state index is -5.88. The molecule has 0 radical (unpaired) electrons. The number of hydrogen-bond donors (Lipinski definition) is 0. The second-order valence-electron chi connectivity index (χ2n) is 15.1. The zero-order chi connectivity index (χ0) is 47.0. The van der Waals surface area contributed by atoms with E-state index in [2.05, 4.69) is 0 Å². The number of rotatable bonds is 9. The number of ether oxygens (including phenoxy) is 2. The Morgan fingerprint density at radius 2 is 0.738 bits per heavy atom. The number of nitrogens with zero attached hydrogens (tertiary/aromatic N) is 2. The molecule has 4 amide bonds. The Morgan fingerprint density at radius 3 is 1.15 bits per heavy atom. The number of anilines is 1. The van der Waals surface area contributed by atoms with Crippen LogP contribution in [-0.2, 0) is 11.1 Å². The zero-order valence-corrected chi connectivity index (χ0v) is 33.3. The van der Waals surface area contributed by atoms with Crippen molar-refractivity contribution in [3.8, 4) is 23.0 Å². The molecule has 2 heterocycles. The maximum atomic E-state index is 16.6. The van der Waals surface area contributed by atoms with Crippen molar-refractivity contribution in [3.63, 3.8) is 0 Å². The average molecular weight is 907 g/mol. The molecule has 6 aromatic rings. The number of amides is 4. The van der Waals surface area contributed by atoms with Crippen molar-refractivity contribution < 1.29 is 72.6 Å². The number of fused-ring (bicyclic) bond motifs is 2. The number of imide groups is 2. The van der Waals surface area contributed by atoms with Crippen molar-refractivity contribution in [2.75, 3.05) is 11.9 Å². The van der Waals surface area contributed by atoms with E-state index >= 15 is 4.39 Å². The van der Waals surface area contributed by atoms with E-state index in [1.807, 2.05) is 6.92 Å². The van der Waals surface area contributed by atoms with Gasteiger partial charge in [-0.3, -0.25) is 24.1 Å². The number of hydrogen-bond acceptors (Lipinski definition) is 6. The summed E-state index contributed by atoms with van der Waals surface area (Å²) in [5, 5.41) is 0. The highest BCUT2D eigenvalue weighted by Gasteiger charge is 2.72. The summed E-state index contributed by atoms with van der Waals surface area (Å²) < 4.78 is 161. The number of benzene rings is 6. The summed E-state index contributed by atoms with van der Waals surface area (Å²) in [4.78, 5) is 53.1. The Morgan fingerprint density at radius 1 is 0.400 bits per heavy atom. The van der Waals surface area contributed by atoms with Crippen LogP contribution in [0.15, 0.2) is 133 Å². The zero-order valence-electron chi connectivity index (χ0n) is 33.3. The Hall–Kier alpha value is -7.50. The molecule has 2 aliphatic heterocycles. The third-order valence-corrected chi connectivity index (χ3v) is 11.2. The van der Waals surface area contributed by atoms with Crippen LogP contribution in [0.5, 0.6) is 23.0 Å². The van der Waals surface area contributed by atoms with Gasteiger partial charge in [0.15, 0.2) is 0 Å². The smallest absolute Gasteiger partial charge is 0.431 e. The normalized spacial score (nSPS) is 15.3. The van der Waals surface area contributed by atoms with Gasteiger partial charge in [0.2, 0.25) is 5.41 Å². The van der Waals surface area contributed by atoms with Gasteiger partial charge in [0.25, 0.3) is 29.3 Å². The van der Waals surface area contributed by atoms with Crippen LogP contribution in [0.2, 0.25) is 0 Å². The average Bonchev–Trinajstić information content (AvgIpc) is 3.63. The van der Waals surface area contributed by atoms with E-state index in [-0.39, 0.29) is 34.1 Å². The predicted molar refractivity (Wildman–Crippen MR) is 212 cm³/mol. The van der Waals surface area contributed by atoms with E-state index in [1.54, 1.807) is 24.3 Å². The summed E-state index contributed by atoms with van der Waals surface area (Å²) in [6, 6.07) is 22.0. The molecule has 65 heavy (non-hydrogen) atoms. The maximum absolute atomic E-state index is 16.6. The van der Waals surface area contributed by atoms with E-state index in [0.29, 0.717) is 64.1 Å². The van der Waals surface area contributed by atoms with Gasteiger partial charge in [0, 0.05) is 18.2 Å². The largest absolute Gasteiger partial charge is 0.457 e. The third kappa shape index (κ3) is 7.12. The fourth-order valence-electron chi connectivity index (χ4n) is 7.83. The Kier molecular flexibility index (Phi) is 10.4. The number of carbonyl (C=O) groups excluding carboxylic acids is 4. The summed E-state index contributed by atoms with van der Waals surface area (Å²) >= 11 is 0. The maximum Gasteiger partial charge on any atom is 0.431 e. The molecular weight excluding hydrogens is 879 g/mol. The molecule has 0 spiro atoms. The summed E-state index contributed by atoms with van der Waals surface area (Å²) in [6.45, 7) is 1.82. The quantitative estimate of drug-likeness (QED) is 0.106. The molecule has 6 aromatic carbocycles. The van der Waals surface area contributed by atoms with E-state index in [4.69, 9.17) is 9.47 Å². The van der Waals surface area contributed by atoms with Crippen molar-refractivity contribution in [1.82, 2.24) is 4.90 Å². The SMILES string of the molecule is Cc1ccc(Oc2ccc(C(c3ccc(Oc4ccc(N5C(=O)c6ccc(C(F)(c7ccc8c(c7)C(=O)N(C)C8=O)C(F)(F)F)cc6C5=O)cc4)cc3)(C(F)(F)F)C(F)(F)F)cc2)cc1. The minimum Gasteiger partial charge on any atom is -0.457 e. The molecule has 0 fully saturated rings. The standard InChI is InChI=1S/C47H28F10N2O6/c1-25-3-13-31(14-4-25)64-32-15-5-26(6-16-32)43(45(49,50)51,46(52,53)54)27-7-17-33(18-8-27)65-34-19-11-30(12-20-34)59-41(62)36-22-10-29(24-38(36)42(59)63)44(48,47(55,56)57)28-9-21-35-37(23-28)40(61)58(2)39(35)60/h3-24H,1-2H3. The fourth-order valence-corrected chi connectivity index (χ4v) is 7.83. The second kappa shape index (κ2) is 15.3. The highest BCUT2D eigenvalue weighted by molar-refractivity contribution is 6.34. The molecule has 332 valence electrons. The number of halogens is 10. The summed E-state index contributed by atoms with van der Waals surface area (Å²) in [5.41, 5.74) is -14.2. The van der Waals surface area contributed by atoms with Gasteiger partial charge in [0.05, 0.1) is 27.9 Å². The first-order chi connectivity index (χ1) is 30.5. The minimum absolute atomic E-state index is 0.00663. The van der Waals surface area contributed by atoms with E-state index in [9.17, 15) is 58.7 Å². The van der Waals surface area contributed by atoms with Crippen molar-refractivity contribution in [2.45, 2.75) is 36.5 Å². The highest BCUT2D eigenvalue weighted by Crippen LogP contribution is 2.57. The van der Waals surface area contributed by atoms with E-state index in [0.717, 1.165) is 49.0 Å². The fraction of sp³-hybridized carbons (Fsp3) is 0.149. The predicted octanol–water partition coefficient (Wildman–Crippen LogP) is 11.8. The molecule has 8 nitrogen and oxygen atoms in total. The van der Waals surface area contributed by atoms with Crippen LogP contribution in [-0.4, -0.2) is 54.1 Å². The summed E-state index contributed by atoms with van der Waals surface area (Å²) in [5.74, 6) is -3.84. The molecule has 0 aromatic heterocycles. The molecule has 18 heteroatoms. The lowest BCUT2D eigenvalue weighted by Gasteiger charge is -2.38. The summed E-state index contributed by atoms with van der Waals surface area (Å²) in [6.07, 6.45) is -17.4. The van der Waals surface area contributed by atoms with Crippen molar-refractivity contribution in [1.29, 1.82) is 0 Å². The number of aryl methyl sites for hydroxylation is 1. The Bertz CT molecular complexity index is 2880. The first-order valence-corrected chi connectivity index (χ1v) is 19.1. The lowest BCUT2D eigenvalue weighted by Crippen LogP contribution is -2.54. The molecule has 0 saturated heterocycles. The van der Waals surface area contributed by atoms with Gasteiger partial charge >= 0.3 is 18.5 Å². The van der Waals surface area contributed by atoms with Crippen molar-refractivity contribution in [2.24, 2.45) is 0 Å². The van der Waals surface area contributed by atoms with Gasteiger partial charge in [0.1, 0.15) is 23.0 Å². The third-order valence-electron chi connectivity index (χ3n) is 11.2. The van der Waals surface area contributed by atoms with Gasteiger partial charge in [-0.05, 0) is 103 Å². The van der Waals surface area contributed by atoms with Crippen LogP contribution in [0, 0.1) is 6.92 Å². The first kappa shape index (κ1) is 44.1. The molecule has 8 rings (SSSR count). The molecule has 0 bridgehead atoms. The highest BCUT2D eigenvalue weighted by atomic mass is 19.4. The van der Waals surface area contributed by atoms with Crippen molar-refractivity contribution >= 4 is 29.3 Å². The molecule has 0 N–H and O–H groups in total. The monoisotopic (exact) mass is 906 g/mol. The van der Waals surface area contributed by atoms with Gasteiger partial charge in [-0.15, -0.1) is 0 Å². The lowest BCUT2D eigenvalue weighted by atomic mass is 9.73. The van der Waals surface area contributed by atoms with Crippen molar-refractivity contribution in [3.05, 3.63) is 184 Å². The summed E-state index contributed by atoms with van der Waals surface area (Å²) in [7, 11) is 1.10. The van der Waals surface area contributed by atoms with Crippen LogP contribution in [0.3, 0.4) is 0 Å². The van der Waals surface area contributed by atoms with E-state index in [1.165, 1.54) is 24.3 Å². The van der Waals surface area contributed by atoms with Crippen LogP contribution < -0.4 is 14.4 Å². The molecule has 1 unspecified atom stereocenters. The first-order valence-electron chi connectivity index (χ1n) is 19.1. The van der Waals surface area contributed by atoms with Gasteiger partial charge in [-0.1, -0.05) is 54.1 Å². The number of alkyl halides is 10. The van der Waals surface area contributed by atoms with Gasteiger partial charge in [-0.25, -0.2) is 9.29 Å². The Balaban J connectivity index is 1.03.